The average molecular weight is 403 g/mol. The van der Waals surface area contributed by atoms with Gasteiger partial charge in [0.15, 0.2) is 5.75 Å². The fourth-order valence-corrected chi connectivity index (χ4v) is 4.04. The van der Waals surface area contributed by atoms with E-state index in [1.807, 2.05) is 19.9 Å². The Bertz CT molecular complexity index is 1400. The van der Waals surface area contributed by atoms with Gasteiger partial charge in [0, 0.05) is 34.3 Å². The lowest BCUT2D eigenvalue weighted by molar-refractivity contribution is 0.393. The number of hydrogen-bond acceptors (Lipinski definition) is 5. The minimum Gasteiger partial charge on any atom is -0.505 e. The fraction of sp³-hybridized carbons (Fsp3) is 0.130. The molecule has 0 fully saturated rings. The van der Waals surface area contributed by atoms with E-state index in [2.05, 4.69) is 10.1 Å². The van der Waals surface area contributed by atoms with Gasteiger partial charge >= 0.3 is 0 Å². The van der Waals surface area contributed by atoms with Crippen molar-refractivity contribution in [1.82, 2.24) is 14.7 Å². The number of rotatable bonds is 3. The minimum atomic E-state index is -0.323. The fourth-order valence-electron chi connectivity index (χ4n) is 4.04. The van der Waals surface area contributed by atoms with Crippen molar-refractivity contribution in [3.63, 3.8) is 0 Å². The monoisotopic (exact) mass is 403 g/mol. The van der Waals surface area contributed by atoms with E-state index in [4.69, 9.17) is 4.52 Å². The van der Waals surface area contributed by atoms with Gasteiger partial charge in [0.25, 0.3) is 0 Å². The lowest BCUT2D eigenvalue weighted by Crippen LogP contribution is -1.97. The Morgan fingerprint density at radius 3 is 2.50 bits per heavy atom. The molecule has 0 radical (unpaired) electrons. The number of halogens is 1. The first-order chi connectivity index (χ1) is 14.5. The maximum Gasteiger partial charge on any atom is 0.203 e. The van der Waals surface area contributed by atoms with Crippen molar-refractivity contribution >= 4 is 21.7 Å². The molecule has 3 aromatic heterocycles. The predicted octanol–water partition coefficient (Wildman–Crippen LogP) is 5.06. The van der Waals surface area contributed by atoms with E-state index in [-0.39, 0.29) is 17.4 Å². The maximum absolute atomic E-state index is 13.3. The Labute approximate surface area is 170 Å². The molecule has 0 aliphatic carbocycles. The Morgan fingerprint density at radius 2 is 1.80 bits per heavy atom. The van der Waals surface area contributed by atoms with E-state index < -0.39 is 0 Å². The van der Waals surface area contributed by atoms with E-state index in [9.17, 15) is 14.6 Å². The van der Waals surface area contributed by atoms with E-state index in [0.29, 0.717) is 34.3 Å². The summed E-state index contributed by atoms with van der Waals surface area (Å²) in [5.74, 6) is 0.130. The molecule has 0 aliphatic rings. The maximum atomic E-state index is 13.3. The van der Waals surface area contributed by atoms with Crippen LogP contribution in [-0.4, -0.2) is 24.9 Å². The van der Waals surface area contributed by atoms with Gasteiger partial charge in [-0.3, -0.25) is 4.98 Å². The first-order valence-electron chi connectivity index (χ1n) is 9.45. The van der Waals surface area contributed by atoms with Gasteiger partial charge in [-0.05, 0) is 37.6 Å². The predicted molar refractivity (Wildman–Crippen MR) is 111 cm³/mol. The van der Waals surface area contributed by atoms with Crippen LogP contribution in [0.5, 0.6) is 11.6 Å². The molecule has 0 spiro atoms. The summed E-state index contributed by atoms with van der Waals surface area (Å²) in [4.78, 5) is 4.34. The Kier molecular flexibility index (Phi) is 3.99. The van der Waals surface area contributed by atoms with Crippen LogP contribution in [0.1, 0.15) is 17.0 Å². The highest BCUT2D eigenvalue weighted by molar-refractivity contribution is 6.17. The molecule has 0 atom stereocenters. The first kappa shape index (κ1) is 18.2. The molecular weight excluding hydrogens is 385 g/mol. The van der Waals surface area contributed by atoms with Gasteiger partial charge in [-0.1, -0.05) is 23.4 Å². The van der Waals surface area contributed by atoms with Crippen molar-refractivity contribution in [2.45, 2.75) is 20.4 Å². The summed E-state index contributed by atoms with van der Waals surface area (Å²) < 4.78 is 20.3. The number of aromatic nitrogens is 3. The molecule has 5 rings (SSSR count). The number of hydrogen-bond donors (Lipinski definition) is 2. The third-order valence-electron chi connectivity index (χ3n) is 5.41. The van der Waals surface area contributed by atoms with Gasteiger partial charge in [-0.2, -0.15) is 0 Å². The first-order valence-corrected chi connectivity index (χ1v) is 9.45. The molecule has 2 aromatic carbocycles. The number of pyridine rings is 1. The van der Waals surface area contributed by atoms with Crippen LogP contribution < -0.4 is 0 Å². The molecule has 0 amide bonds. The van der Waals surface area contributed by atoms with Gasteiger partial charge in [0.1, 0.15) is 17.1 Å². The van der Waals surface area contributed by atoms with Crippen molar-refractivity contribution in [2.24, 2.45) is 0 Å². The third kappa shape index (κ3) is 2.62. The normalized spacial score (nSPS) is 11.6. The van der Waals surface area contributed by atoms with Crippen molar-refractivity contribution < 1.29 is 19.1 Å². The average Bonchev–Trinajstić information content (AvgIpc) is 3.24. The van der Waals surface area contributed by atoms with Crippen molar-refractivity contribution in [2.75, 3.05) is 0 Å². The topological polar surface area (TPSA) is 84.3 Å². The molecule has 30 heavy (non-hydrogen) atoms. The molecule has 2 N–H and O–H groups in total. The standard InChI is InChI=1S/C23H18FN3O3/c1-12-18(13(2)30-26-12)19-16-4-3-9-25-21(16)22(28)20-17(19)11-27(23(20)29)10-14-5-7-15(24)8-6-14/h3-9,11,28-29H,10H2,1-2H3. The number of nitrogens with zero attached hydrogens (tertiary/aromatic N) is 3. The van der Waals surface area contributed by atoms with Crippen LogP contribution in [0.4, 0.5) is 4.39 Å². The summed E-state index contributed by atoms with van der Waals surface area (Å²) in [5.41, 5.74) is 3.49. The van der Waals surface area contributed by atoms with Gasteiger partial charge in [0.05, 0.1) is 17.6 Å². The summed E-state index contributed by atoms with van der Waals surface area (Å²) in [6.07, 6.45) is 3.37. The molecule has 0 aliphatic heterocycles. The van der Waals surface area contributed by atoms with E-state index in [1.54, 1.807) is 35.2 Å². The van der Waals surface area contributed by atoms with Gasteiger partial charge < -0.3 is 19.3 Å². The Balaban J connectivity index is 1.85. The molecule has 150 valence electrons. The van der Waals surface area contributed by atoms with Crippen LogP contribution in [0.3, 0.4) is 0 Å². The summed E-state index contributed by atoms with van der Waals surface area (Å²) in [6.45, 7) is 3.98. The lowest BCUT2D eigenvalue weighted by Gasteiger charge is -2.10. The highest BCUT2D eigenvalue weighted by Crippen LogP contribution is 2.47. The number of aryl methyl sites for hydroxylation is 2. The molecule has 3 heterocycles. The molecule has 0 unspecified atom stereocenters. The number of benzene rings is 2. The highest BCUT2D eigenvalue weighted by Gasteiger charge is 2.25. The molecule has 0 bridgehead atoms. The summed E-state index contributed by atoms with van der Waals surface area (Å²) in [5, 5.41) is 27.7. The second-order valence-corrected chi connectivity index (χ2v) is 7.32. The zero-order chi connectivity index (χ0) is 21.0. The van der Waals surface area contributed by atoms with Crippen LogP contribution in [-0.2, 0) is 6.54 Å². The smallest absolute Gasteiger partial charge is 0.203 e. The lowest BCUT2D eigenvalue weighted by atomic mass is 9.94. The van der Waals surface area contributed by atoms with Gasteiger partial charge in [0.2, 0.25) is 5.88 Å². The van der Waals surface area contributed by atoms with E-state index in [0.717, 1.165) is 22.1 Å². The highest BCUT2D eigenvalue weighted by atomic mass is 19.1. The van der Waals surface area contributed by atoms with Crippen LogP contribution >= 0.6 is 0 Å². The number of phenols is 1. The van der Waals surface area contributed by atoms with Crippen molar-refractivity contribution in [3.05, 3.63) is 71.6 Å². The van der Waals surface area contributed by atoms with E-state index in [1.165, 1.54) is 12.1 Å². The van der Waals surface area contributed by atoms with Crippen molar-refractivity contribution in [1.29, 1.82) is 0 Å². The Morgan fingerprint density at radius 1 is 1.03 bits per heavy atom. The quantitative estimate of drug-likeness (QED) is 0.440. The second kappa shape index (κ2) is 6.59. The van der Waals surface area contributed by atoms with Crippen LogP contribution in [0, 0.1) is 19.7 Å². The summed E-state index contributed by atoms with van der Waals surface area (Å²) in [7, 11) is 0. The molecule has 7 heteroatoms. The number of phenolic OH excluding ortho intramolecular Hbond substituents is 1. The largest absolute Gasteiger partial charge is 0.505 e. The third-order valence-corrected chi connectivity index (χ3v) is 5.41. The molecule has 6 nitrogen and oxygen atoms in total. The molecule has 0 saturated heterocycles. The van der Waals surface area contributed by atoms with Crippen LogP contribution in [0.2, 0.25) is 0 Å². The molecular formula is C23H18FN3O3. The van der Waals surface area contributed by atoms with Crippen molar-refractivity contribution in [3.8, 4) is 22.8 Å². The second-order valence-electron chi connectivity index (χ2n) is 7.32. The summed E-state index contributed by atoms with van der Waals surface area (Å²) in [6, 6.07) is 9.74. The van der Waals surface area contributed by atoms with Crippen LogP contribution in [0.25, 0.3) is 32.8 Å². The zero-order valence-corrected chi connectivity index (χ0v) is 16.3. The van der Waals surface area contributed by atoms with Gasteiger partial charge in [-0.15, -0.1) is 0 Å². The van der Waals surface area contributed by atoms with E-state index >= 15 is 0 Å². The van der Waals surface area contributed by atoms with Crippen LogP contribution in [0.15, 0.2) is 53.3 Å². The minimum absolute atomic E-state index is 0.0904. The Hall–Kier alpha value is -3.87. The SMILES string of the molecule is Cc1noc(C)c1-c1c2cccnc2c(O)c2c(O)n(Cc3ccc(F)cc3)cc12. The zero-order valence-electron chi connectivity index (χ0n) is 16.3. The number of aromatic hydroxyl groups is 2. The number of fused-ring (bicyclic) bond motifs is 2. The molecule has 5 aromatic rings. The summed E-state index contributed by atoms with van der Waals surface area (Å²) >= 11 is 0. The molecule has 0 saturated carbocycles. The van der Waals surface area contributed by atoms with Gasteiger partial charge in [-0.25, -0.2) is 4.39 Å².